The average molecular weight is 473 g/mol. The van der Waals surface area contributed by atoms with E-state index in [1.165, 1.54) is 64.2 Å². The molecule has 0 radical (unpaired) electrons. The van der Waals surface area contributed by atoms with Crippen molar-refractivity contribution in [3.63, 3.8) is 0 Å². The van der Waals surface area contributed by atoms with Crippen LogP contribution in [0.25, 0.3) is 0 Å². The van der Waals surface area contributed by atoms with Gasteiger partial charge in [-0.05, 0) is 18.6 Å². The molecule has 5 heteroatoms. The summed E-state index contributed by atoms with van der Waals surface area (Å²) >= 11 is 0.0736. The minimum atomic E-state index is -1.53. The molecule has 0 bridgehead atoms. The summed E-state index contributed by atoms with van der Waals surface area (Å²) in [7, 11) is 0. The molecule has 0 N–H and O–H groups in total. The van der Waals surface area contributed by atoms with Crippen LogP contribution in [0, 0.1) is 0 Å². The van der Waals surface area contributed by atoms with Crippen molar-refractivity contribution in [3.05, 3.63) is 11.6 Å². The van der Waals surface area contributed by atoms with Crippen LogP contribution in [-0.2, 0) is 9.59 Å². The van der Waals surface area contributed by atoms with Crippen LogP contribution in [0.5, 0.6) is 0 Å². The molecule has 0 unspecified atom stereocenters. The van der Waals surface area contributed by atoms with E-state index in [1.807, 2.05) is 0 Å². The first-order valence-corrected chi connectivity index (χ1v) is 14.3. The summed E-state index contributed by atoms with van der Waals surface area (Å²) in [5, 5.41) is 19.4. The third kappa shape index (κ3) is 25.7. The molecule has 0 fully saturated rings. The predicted molar refractivity (Wildman–Crippen MR) is 106 cm³/mol. The second-order valence-corrected chi connectivity index (χ2v) is 11.0. The molecule has 0 aliphatic rings. The summed E-state index contributed by atoms with van der Waals surface area (Å²) in [5.41, 5.74) is -0.352. The van der Waals surface area contributed by atoms with Gasteiger partial charge >= 0.3 is 121 Å². The van der Waals surface area contributed by atoms with Gasteiger partial charge in [-0.25, -0.2) is 0 Å². The second kappa shape index (κ2) is 22.5. The van der Waals surface area contributed by atoms with E-state index in [2.05, 4.69) is 13.8 Å². The van der Waals surface area contributed by atoms with Crippen molar-refractivity contribution in [2.75, 3.05) is 0 Å². The molecular weight excluding hydrogens is 435 g/mol. The zero-order chi connectivity index (χ0) is 20.0. The fourth-order valence-corrected chi connectivity index (χ4v) is 5.99. The number of carbonyl (C=O) groups is 2. The van der Waals surface area contributed by atoms with E-state index >= 15 is 0 Å². The van der Waals surface area contributed by atoms with Gasteiger partial charge in [0, 0.05) is 0 Å². The van der Waals surface area contributed by atoms with Crippen molar-refractivity contribution in [2.24, 2.45) is 0 Å². The first-order valence-electron chi connectivity index (χ1n) is 10.3. The summed E-state index contributed by atoms with van der Waals surface area (Å²) in [6.07, 6.45) is 18.3. The first-order chi connectivity index (χ1) is 12.5. The van der Waals surface area contributed by atoms with Gasteiger partial charge in [0.05, 0.1) is 11.9 Å². The molecule has 0 saturated heterocycles. The molecule has 0 atom stereocenters. The van der Waals surface area contributed by atoms with E-state index in [-0.39, 0.29) is 26.7 Å². The molecule has 0 aromatic heterocycles. The van der Waals surface area contributed by atoms with Crippen LogP contribution in [0.15, 0.2) is 11.6 Å². The van der Waals surface area contributed by atoms with Gasteiger partial charge in [0.1, 0.15) is 0 Å². The van der Waals surface area contributed by atoms with Crippen LogP contribution in [0.3, 0.4) is 0 Å². The van der Waals surface area contributed by atoms with E-state index in [4.69, 9.17) is 0 Å². The molecule has 150 valence electrons. The monoisotopic (exact) mass is 474 g/mol. The number of hydrogen-bond acceptors (Lipinski definition) is 4. The van der Waals surface area contributed by atoms with Crippen LogP contribution in [0.2, 0.25) is 8.87 Å². The molecular formula is C21H38O4Sn. The summed E-state index contributed by atoms with van der Waals surface area (Å²) in [5.74, 6) is -3.03. The van der Waals surface area contributed by atoms with Gasteiger partial charge in [-0.3, -0.25) is 0 Å². The second-order valence-electron chi connectivity index (χ2n) is 6.72. The Kier molecular flexibility index (Phi) is 24.0. The number of hydrogen-bond donors (Lipinski definition) is 0. The fraction of sp³-hybridized carbons (Fsp3) is 0.810. The number of aliphatic carboxylic acids is 2. The third-order valence-electron chi connectivity index (χ3n) is 4.07. The number of carbonyl (C=O) groups excluding carboxylic acids is 2. The Labute approximate surface area is 171 Å². The Morgan fingerprint density at radius 3 is 1.42 bits per heavy atom. The van der Waals surface area contributed by atoms with Crippen LogP contribution >= 0.6 is 0 Å². The Balaban J connectivity index is 0. The predicted octanol–water partition coefficient (Wildman–Crippen LogP) is 3.68. The number of rotatable bonds is 16. The molecule has 26 heavy (non-hydrogen) atoms. The quantitative estimate of drug-likeness (QED) is 0.195. The molecule has 0 rings (SSSR count). The summed E-state index contributed by atoms with van der Waals surface area (Å²) < 4.78 is 3.31. The van der Waals surface area contributed by atoms with E-state index in [1.54, 1.807) is 21.7 Å². The van der Waals surface area contributed by atoms with Crippen molar-refractivity contribution in [2.45, 2.75) is 107 Å². The van der Waals surface area contributed by atoms with Gasteiger partial charge in [-0.15, -0.1) is 0 Å². The molecule has 4 nitrogen and oxygen atoms in total. The topological polar surface area (TPSA) is 80.3 Å². The van der Waals surface area contributed by atoms with Crippen molar-refractivity contribution < 1.29 is 19.8 Å². The standard InChI is InChI=1S/2C8H17.C5H6O4.Sn/c2*1-3-5-7-8-6-4-2;1-3(5(8)9)2-4(6)7;/h2*1,3-8H2,2H3;2H,1H3,(H,6,7)(H,8,9);/q;;;+2/p-2/b;;3-2-;. The zero-order valence-electron chi connectivity index (χ0n) is 17.1. The van der Waals surface area contributed by atoms with E-state index < -0.39 is 11.9 Å². The Bertz CT molecular complexity index is 353. The third-order valence-corrected chi connectivity index (χ3v) is 8.11. The minimum absolute atomic E-state index is 0.0736. The van der Waals surface area contributed by atoms with Crippen molar-refractivity contribution in [3.8, 4) is 0 Å². The summed E-state index contributed by atoms with van der Waals surface area (Å²) in [6.45, 7) is 5.72. The van der Waals surface area contributed by atoms with Crippen LogP contribution in [-0.4, -0.2) is 33.1 Å². The summed E-state index contributed by atoms with van der Waals surface area (Å²) in [6, 6.07) is 0. The van der Waals surface area contributed by atoms with Crippen molar-refractivity contribution >= 4 is 33.1 Å². The van der Waals surface area contributed by atoms with Crippen LogP contribution in [0.4, 0.5) is 0 Å². The molecule has 0 amide bonds. The van der Waals surface area contributed by atoms with Gasteiger partial charge in [0.25, 0.3) is 0 Å². The van der Waals surface area contributed by atoms with Gasteiger partial charge in [0.15, 0.2) is 0 Å². The van der Waals surface area contributed by atoms with Gasteiger partial charge in [-0.2, -0.15) is 0 Å². The van der Waals surface area contributed by atoms with Crippen molar-refractivity contribution in [1.29, 1.82) is 0 Å². The van der Waals surface area contributed by atoms with Gasteiger partial charge in [-0.1, -0.05) is 0 Å². The average Bonchev–Trinajstić information content (AvgIpc) is 2.59. The first kappa shape index (κ1) is 27.7. The molecule has 0 heterocycles. The van der Waals surface area contributed by atoms with E-state index in [0.717, 1.165) is 6.92 Å². The fourth-order valence-electron chi connectivity index (χ4n) is 2.42. The van der Waals surface area contributed by atoms with Gasteiger partial charge in [0.2, 0.25) is 0 Å². The number of carboxylic acids is 2. The Hall–Kier alpha value is -0.521. The normalized spacial score (nSPS) is 10.7. The Morgan fingerprint density at radius 2 is 1.12 bits per heavy atom. The Morgan fingerprint density at radius 1 is 0.731 bits per heavy atom. The van der Waals surface area contributed by atoms with Crippen LogP contribution in [0.1, 0.15) is 97.8 Å². The molecule has 0 saturated carbocycles. The van der Waals surface area contributed by atoms with Crippen LogP contribution < -0.4 is 10.2 Å². The maximum absolute atomic E-state index is 9.76. The number of carboxylic acid groups (broad SMARTS) is 2. The SMILES string of the molecule is C/C(=C/C(=O)[O-])C(=O)[O-].CCCCCCC[CH2][Sn+2][CH2]CCCCCCC. The maximum atomic E-state index is 9.76. The molecule has 0 aliphatic heterocycles. The number of unbranched alkanes of at least 4 members (excludes halogenated alkanes) is 10. The van der Waals surface area contributed by atoms with E-state index in [0.29, 0.717) is 6.08 Å². The van der Waals surface area contributed by atoms with Gasteiger partial charge < -0.3 is 19.8 Å². The van der Waals surface area contributed by atoms with Crippen molar-refractivity contribution in [1.82, 2.24) is 0 Å². The molecule has 0 aromatic rings. The molecule has 0 aromatic carbocycles. The zero-order valence-corrected chi connectivity index (χ0v) is 20.0. The molecule has 0 spiro atoms. The molecule has 0 aliphatic carbocycles. The van der Waals surface area contributed by atoms with E-state index in [9.17, 15) is 19.8 Å². The summed E-state index contributed by atoms with van der Waals surface area (Å²) in [4.78, 5) is 19.4.